The molecule has 0 aromatic heterocycles. The minimum absolute atomic E-state index is 1.07. The van der Waals surface area contributed by atoms with E-state index >= 15 is 0 Å². The first-order valence-corrected chi connectivity index (χ1v) is 4.59. The third kappa shape index (κ3) is 56.8. The van der Waals surface area contributed by atoms with Gasteiger partial charge in [-0.25, -0.2) is 0 Å². The van der Waals surface area contributed by atoms with Crippen LogP contribution in [-0.4, -0.2) is 13.6 Å². The van der Waals surface area contributed by atoms with Crippen molar-refractivity contribution in [2.45, 2.75) is 34.6 Å². The zero-order valence-electron chi connectivity index (χ0n) is 9.57. The zero-order chi connectivity index (χ0) is 10.4. The molecule has 0 heterocycles. The van der Waals surface area contributed by atoms with Gasteiger partial charge >= 0.3 is 0 Å². The Kier molecular flexibility index (Phi) is 32.7. The van der Waals surface area contributed by atoms with Gasteiger partial charge in [0.25, 0.3) is 0 Å². The molecule has 0 aliphatic heterocycles. The molecule has 0 saturated heterocycles. The molecule has 0 aliphatic carbocycles. The van der Waals surface area contributed by atoms with E-state index in [1.807, 2.05) is 40.8 Å². The van der Waals surface area contributed by atoms with Crippen molar-refractivity contribution >= 4 is 0 Å². The van der Waals surface area contributed by atoms with E-state index in [0.717, 1.165) is 6.54 Å². The zero-order valence-corrected chi connectivity index (χ0v) is 9.57. The van der Waals surface area contributed by atoms with Crippen LogP contribution in [0.25, 0.3) is 0 Å². The topological polar surface area (TPSA) is 12.0 Å². The van der Waals surface area contributed by atoms with E-state index in [0.29, 0.717) is 0 Å². The van der Waals surface area contributed by atoms with Crippen LogP contribution in [0.4, 0.5) is 0 Å². The number of allylic oxidation sites excluding steroid dienone is 3. The van der Waals surface area contributed by atoms with Gasteiger partial charge in [-0.15, -0.1) is 0 Å². The van der Waals surface area contributed by atoms with Crippen LogP contribution in [0.15, 0.2) is 24.3 Å². The van der Waals surface area contributed by atoms with Crippen LogP contribution < -0.4 is 5.32 Å². The minimum Gasteiger partial charge on any atom is -0.320 e. The van der Waals surface area contributed by atoms with Crippen molar-refractivity contribution in [3.05, 3.63) is 24.3 Å². The third-order valence-corrected chi connectivity index (χ3v) is 0.805. The summed E-state index contributed by atoms with van der Waals surface area (Å²) in [5.74, 6) is 0. The molecule has 1 heteroatoms. The summed E-state index contributed by atoms with van der Waals surface area (Å²) < 4.78 is 0. The van der Waals surface area contributed by atoms with E-state index in [4.69, 9.17) is 0 Å². The van der Waals surface area contributed by atoms with Crippen LogP contribution >= 0.6 is 0 Å². The molecule has 0 unspecified atom stereocenters. The van der Waals surface area contributed by atoms with Crippen molar-refractivity contribution in [3.8, 4) is 0 Å². The molecule has 1 N–H and O–H groups in total. The largest absolute Gasteiger partial charge is 0.320 e. The van der Waals surface area contributed by atoms with Gasteiger partial charge < -0.3 is 5.32 Å². The predicted molar refractivity (Wildman–Crippen MR) is 60.6 cm³/mol. The first kappa shape index (κ1) is 17.5. The maximum atomic E-state index is 3.52. The van der Waals surface area contributed by atoms with Crippen LogP contribution in [0.3, 0.4) is 0 Å². The molecule has 0 amide bonds. The molecule has 0 rings (SSSR count). The fourth-order valence-electron chi connectivity index (χ4n) is 0.236. The normalized spacial score (nSPS) is 6.50. The van der Waals surface area contributed by atoms with E-state index in [1.165, 1.54) is 5.57 Å². The lowest BCUT2D eigenvalue weighted by molar-refractivity contribution is 0.864. The molecule has 0 aromatic rings. The summed E-state index contributed by atoms with van der Waals surface area (Å²) in [7, 11) is 1.93. The standard InChI is InChI=1S/C6H10.C3H9N.C2H6/c1-4-5-6(2)3;1-3-4-2;1-2/h4-5H,1H2,2-3H3;4H,3H2,1-2H3;1-2H3. The SMILES string of the molecule is C=CC=C(C)C.CC.CCNC. The first-order valence-electron chi connectivity index (χ1n) is 4.59. The molecular weight excluding hydrogens is 146 g/mol. The third-order valence-electron chi connectivity index (χ3n) is 0.805. The molecule has 74 valence electrons. The highest BCUT2D eigenvalue weighted by atomic mass is 14.8. The Labute approximate surface area is 78.6 Å². The van der Waals surface area contributed by atoms with E-state index in [2.05, 4.69) is 18.8 Å². The van der Waals surface area contributed by atoms with Crippen molar-refractivity contribution in [3.63, 3.8) is 0 Å². The van der Waals surface area contributed by atoms with Crippen LogP contribution in [0.1, 0.15) is 34.6 Å². The van der Waals surface area contributed by atoms with Gasteiger partial charge in [0.1, 0.15) is 0 Å². The molecule has 0 saturated carbocycles. The highest BCUT2D eigenvalue weighted by Gasteiger charge is 1.63. The lowest BCUT2D eigenvalue weighted by Crippen LogP contribution is -2.01. The van der Waals surface area contributed by atoms with Gasteiger partial charge in [-0.3, -0.25) is 0 Å². The predicted octanol–water partition coefficient (Wildman–Crippen LogP) is 3.39. The Morgan fingerprint density at radius 2 is 1.67 bits per heavy atom. The molecular formula is C11H25N. The average molecular weight is 171 g/mol. The fourth-order valence-corrected chi connectivity index (χ4v) is 0.236. The number of hydrogen-bond donors (Lipinski definition) is 1. The molecule has 0 spiro atoms. The van der Waals surface area contributed by atoms with Gasteiger partial charge in [-0.1, -0.05) is 45.1 Å². The van der Waals surface area contributed by atoms with Crippen LogP contribution in [0, 0.1) is 0 Å². The molecule has 0 aliphatic rings. The first-order chi connectivity index (χ1) is 5.68. The second-order valence-corrected chi connectivity index (χ2v) is 2.19. The molecule has 0 atom stereocenters. The van der Waals surface area contributed by atoms with Crippen LogP contribution in [-0.2, 0) is 0 Å². The van der Waals surface area contributed by atoms with Gasteiger partial charge in [0, 0.05) is 0 Å². The summed E-state index contributed by atoms with van der Waals surface area (Å²) >= 11 is 0. The Morgan fingerprint density at radius 1 is 1.33 bits per heavy atom. The molecule has 12 heavy (non-hydrogen) atoms. The average Bonchev–Trinajstić information content (AvgIpc) is 2.08. The van der Waals surface area contributed by atoms with Crippen molar-refractivity contribution in [1.29, 1.82) is 0 Å². The fraction of sp³-hybridized carbons (Fsp3) is 0.636. The van der Waals surface area contributed by atoms with E-state index in [-0.39, 0.29) is 0 Å². The van der Waals surface area contributed by atoms with Gasteiger partial charge in [0.2, 0.25) is 0 Å². The molecule has 0 bridgehead atoms. The van der Waals surface area contributed by atoms with Gasteiger partial charge in [-0.2, -0.15) is 0 Å². The Bertz CT molecular complexity index is 87.2. The Hall–Kier alpha value is -0.560. The van der Waals surface area contributed by atoms with E-state index in [1.54, 1.807) is 6.08 Å². The van der Waals surface area contributed by atoms with Gasteiger partial charge in [0.05, 0.1) is 0 Å². The summed E-state index contributed by atoms with van der Waals surface area (Å²) in [6, 6.07) is 0. The smallest absolute Gasteiger partial charge is 0.00804 e. The van der Waals surface area contributed by atoms with Crippen LogP contribution in [0.5, 0.6) is 0 Å². The maximum Gasteiger partial charge on any atom is -0.00804 e. The summed E-state index contributed by atoms with van der Waals surface area (Å²) in [6.45, 7) is 14.8. The quantitative estimate of drug-likeness (QED) is 0.628. The van der Waals surface area contributed by atoms with E-state index in [9.17, 15) is 0 Å². The second-order valence-electron chi connectivity index (χ2n) is 2.19. The monoisotopic (exact) mass is 171 g/mol. The lowest BCUT2D eigenvalue weighted by Gasteiger charge is -1.76. The highest BCUT2D eigenvalue weighted by molar-refractivity contribution is 5.04. The van der Waals surface area contributed by atoms with Gasteiger partial charge in [-0.05, 0) is 27.4 Å². The summed E-state index contributed by atoms with van der Waals surface area (Å²) in [5.41, 5.74) is 1.30. The van der Waals surface area contributed by atoms with Crippen molar-refractivity contribution in [2.24, 2.45) is 0 Å². The summed E-state index contributed by atoms with van der Waals surface area (Å²) in [4.78, 5) is 0. The van der Waals surface area contributed by atoms with E-state index < -0.39 is 0 Å². The molecule has 0 aromatic carbocycles. The lowest BCUT2D eigenvalue weighted by atomic mass is 10.3. The highest BCUT2D eigenvalue weighted by Crippen LogP contribution is 1.85. The number of hydrogen-bond acceptors (Lipinski definition) is 1. The summed E-state index contributed by atoms with van der Waals surface area (Å²) in [5, 5.41) is 2.93. The molecule has 0 radical (unpaired) electrons. The Morgan fingerprint density at radius 3 is 1.67 bits per heavy atom. The number of nitrogens with one attached hydrogen (secondary N) is 1. The second kappa shape index (κ2) is 22.4. The van der Waals surface area contributed by atoms with Crippen molar-refractivity contribution in [2.75, 3.05) is 13.6 Å². The van der Waals surface area contributed by atoms with Crippen molar-refractivity contribution < 1.29 is 0 Å². The number of rotatable bonds is 2. The maximum absolute atomic E-state index is 3.52. The Balaban J connectivity index is -0.000000118. The summed E-state index contributed by atoms with van der Waals surface area (Å²) in [6.07, 6.45) is 3.76. The van der Waals surface area contributed by atoms with Crippen molar-refractivity contribution in [1.82, 2.24) is 5.32 Å². The van der Waals surface area contributed by atoms with Gasteiger partial charge in [0.15, 0.2) is 0 Å². The van der Waals surface area contributed by atoms with Crippen LogP contribution in [0.2, 0.25) is 0 Å². The molecule has 1 nitrogen and oxygen atoms in total. The minimum atomic E-state index is 1.07. The molecule has 0 fully saturated rings.